The molecule has 2 N–H and O–H groups in total. The first-order valence-electron chi connectivity index (χ1n) is 7.74. The van der Waals surface area contributed by atoms with Crippen LogP contribution in [0.25, 0.3) is 0 Å². The Hall–Kier alpha value is -0.610. The van der Waals surface area contributed by atoms with Gasteiger partial charge in [-0.3, -0.25) is 4.79 Å². The first kappa shape index (κ1) is 18.4. The summed E-state index contributed by atoms with van der Waals surface area (Å²) in [7, 11) is 1.87. The van der Waals surface area contributed by atoms with Gasteiger partial charge in [0.05, 0.1) is 0 Å². The number of hydrogen-bond acceptors (Lipinski definition) is 3. The molecule has 0 aromatic rings. The first-order chi connectivity index (χ1) is 9.06. The summed E-state index contributed by atoms with van der Waals surface area (Å²) >= 11 is 0. The van der Waals surface area contributed by atoms with Crippen molar-refractivity contribution in [2.45, 2.75) is 58.9 Å². The van der Waals surface area contributed by atoms with Gasteiger partial charge in [0.1, 0.15) is 0 Å². The number of unbranched alkanes of at least 4 members (excludes halogenated alkanes) is 1. The maximum Gasteiger partial charge on any atom is 0.223 e. The second kappa shape index (κ2) is 11.2. The third-order valence-corrected chi connectivity index (χ3v) is 3.75. The summed E-state index contributed by atoms with van der Waals surface area (Å²) in [5.74, 6) is 0.234. The number of nitrogens with zero attached hydrogens (tertiary/aromatic N) is 2. The van der Waals surface area contributed by atoms with E-state index in [0.29, 0.717) is 19.0 Å². The average molecular weight is 271 g/mol. The number of amides is 1. The highest BCUT2D eigenvalue weighted by Crippen LogP contribution is 2.07. The van der Waals surface area contributed by atoms with Crippen molar-refractivity contribution in [1.82, 2.24) is 9.80 Å². The Morgan fingerprint density at radius 3 is 2.37 bits per heavy atom. The topological polar surface area (TPSA) is 49.6 Å². The molecule has 0 fully saturated rings. The molecule has 0 saturated carbocycles. The highest BCUT2D eigenvalue weighted by Gasteiger charge is 2.15. The SMILES string of the molecule is CCCCN(CCC(=O)N(C)CCCN)C(C)CC. The van der Waals surface area contributed by atoms with Gasteiger partial charge in [-0.25, -0.2) is 0 Å². The van der Waals surface area contributed by atoms with Crippen LogP contribution in [0.15, 0.2) is 0 Å². The fourth-order valence-corrected chi connectivity index (χ4v) is 2.06. The second-order valence-electron chi connectivity index (χ2n) is 5.35. The fraction of sp³-hybridized carbons (Fsp3) is 0.933. The van der Waals surface area contributed by atoms with Crippen LogP contribution >= 0.6 is 0 Å². The Kier molecular flexibility index (Phi) is 10.9. The number of carbonyl (C=O) groups excluding carboxylic acids is 1. The van der Waals surface area contributed by atoms with Gasteiger partial charge >= 0.3 is 0 Å². The van der Waals surface area contributed by atoms with Gasteiger partial charge in [-0.05, 0) is 39.3 Å². The van der Waals surface area contributed by atoms with Crippen molar-refractivity contribution in [2.75, 3.05) is 33.2 Å². The Balaban J connectivity index is 4.10. The lowest BCUT2D eigenvalue weighted by atomic mass is 10.2. The minimum atomic E-state index is 0.234. The van der Waals surface area contributed by atoms with Crippen LogP contribution in [-0.4, -0.2) is 55.0 Å². The third kappa shape index (κ3) is 8.22. The quantitative estimate of drug-likeness (QED) is 0.626. The van der Waals surface area contributed by atoms with Crippen LogP contribution in [0.1, 0.15) is 52.9 Å². The summed E-state index contributed by atoms with van der Waals surface area (Å²) in [4.78, 5) is 16.2. The molecule has 0 bridgehead atoms. The van der Waals surface area contributed by atoms with Crippen molar-refractivity contribution in [3.8, 4) is 0 Å². The molecule has 19 heavy (non-hydrogen) atoms. The molecule has 1 amide bonds. The summed E-state index contributed by atoms with van der Waals surface area (Å²) in [6.07, 6.45) is 5.06. The molecule has 0 aromatic heterocycles. The predicted molar refractivity (Wildman–Crippen MR) is 82.2 cm³/mol. The number of nitrogens with two attached hydrogens (primary N) is 1. The predicted octanol–water partition coefficient (Wildman–Crippen LogP) is 2.08. The molecule has 0 aromatic carbocycles. The van der Waals surface area contributed by atoms with Crippen LogP contribution in [0.5, 0.6) is 0 Å². The molecule has 0 rings (SSSR count). The maximum atomic E-state index is 12.0. The van der Waals surface area contributed by atoms with Gasteiger partial charge in [0.25, 0.3) is 0 Å². The molecule has 0 aliphatic carbocycles. The molecule has 4 heteroatoms. The largest absolute Gasteiger partial charge is 0.346 e. The van der Waals surface area contributed by atoms with Gasteiger partial charge < -0.3 is 15.5 Å². The first-order valence-corrected chi connectivity index (χ1v) is 7.74. The Bertz CT molecular complexity index is 233. The second-order valence-corrected chi connectivity index (χ2v) is 5.35. The zero-order valence-electron chi connectivity index (χ0n) is 13.3. The highest BCUT2D eigenvalue weighted by atomic mass is 16.2. The zero-order valence-corrected chi connectivity index (χ0v) is 13.3. The molecule has 0 saturated heterocycles. The molecule has 0 aliphatic heterocycles. The van der Waals surface area contributed by atoms with Gasteiger partial charge in [0.2, 0.25) is 5.91 Å². The Labute approximate surface area is 119 Å². The maximum absolute atomic E-state index is 12.0. The van der Waals surface area contributed by atoms with E-state index in [-0.39, 0.29) is 5.91 Å². The van der Waals surface area contributed by atoms with E-state index in [4.69, 9.17) is 5.73 Å². The molecule has 1 atom stereocenters. The molecule has 0 spiro atoms. The van der Waals surface area contributed by atoms with E-state index in [1.165, 1.54) is 12.8 Å². The summed E-state index contributed by atoms with van der Waals surface area (Å²) in [5.41, 5.74) is 5.47. The molecule has 0 aliphatic rings. The van der Waals surface area contributed by atoms with Gasteiger partial charge in [0, 0.05) is 32.6 Å². The van der Waals surface area contributed by atoms with E-state index in [0.717, 1.165) is 32.5 Å². The van der Waals surface area contributed by atoms with Crippen molar-refractivity contribution in [1.29, 1.82) is 0 Å². The van der Waals surface area contributed by atoms with Crippen LogP contribution in [0.4, 0.5) is 0 Å². The number of hydrogen-bond donors (Lipinski definition) is 1. The van der Waals surface area contributed by atoms with Crippen LogP contribution in [-0.2, 0) is 4.79 Å². The van der Waals surface area contributed by atoms with Crippen molar-refractivity contribution < 1.29 is 4.79 Å². The Morgan fingerprint density at radius 1 is 1.16 bits per heavy atom. The van der Waals surface area contributed by atoms with Gasteiger partial charge in [-0.2, -0.15) is 0 Å². The van der Waals surface area contributed by atoms with Crippen LogP contribution in [0.3, 0.4) is 0 Å². The van der Waals surface area contributed by atoms with E-state index < -0.39 is 0 Å². The minimum Gasteiger partial charge on any atom is -0.346 e. The third-order valence-electron chi connectivity index (χ3n) is 3.75. The number of carbonyl (C=O) groups is 1. The molecule has 114 valence electrons. The van der Waals surface area contributed by atoms with Crippen LogP contribution in [0, 0.1) is 0 Å². The molecular weight excluding hydrogens is 238 g/mol. The smallest absolute Gasteiger partial charge is 0.223 e. The monoisotopic (exact) mass is 271 g/mol. The lowest BCUT2D eigenvalue weighted by Crippen LogP contribution is -2.38. The van der Waals surface area contributed by atoms with Crippen molar-refractivity contribution in [2.24, 2.45) is 5.73 Å². The van der Waals surface area contributed by atoms with Gasteiger partial charge in [0.15, 0.2) is 0 Å². The van der Waals surface area contributed by atoms with Crippen LogP contribution < -0.4 is 5.73 Å². The van der Waals surface area contributed by atoms with Crippen molar-refractivity contribution in [3.05, 3.63) is 0 Å². The van der Waals surface area contributed by atoms with E-state index in [2.05, 4.69) is 25.7 Å². The fourth-order valence-electron chi connectivity index (χ4n) is 2.06. The molecule has 1 unspecified atom stereocenters. The molecule has 4 nitrogen and oxygen atoms in total. The average Bonchev–Trinajstić information content (AvgIpc) is 2.43. The van der Waals surface area contributed by atoms with Crippen LogP contribution in [0.2, 0.25) is 0 Å². The van der Waals surface area contributed by atoms with E-state index in [1.807, 2.05) is 11.9 Å². The van der Waals surface area contributed by atoms with Gasteiger partial charge in [-0.1, -0.05) is 20.3 Å². The molecular formula is C15H33N3O. The highest BCUT2D eigenvalue weighted by molar-refractivity contribution is 5.76. The summed E-state index contributed by atoms with van der Waals surface area (Å²) in [5, 5.41) is 0. The minimum absolute atomic E-state index is 0.234. The van der Waals surface area contributed by atoms with E-state index in [1.54, 1.807) is 0 Å². The lowest BCUT2D eigenvalue weighted by Gasteiger charge is -2.29. The summed E-state index contributed by atoms with van der Waals surface area (Å²) in [6, 6.07) is 0.564. The van der Waals surface area contributed by atoms with Gasteiger partial charge in [-0.15, -0.1) is 0 Å². The van der Waals surface area contributed by atoms with E-state index >= 15 is 0 Å². The zero-order chi connectivity index (χ0) is 14.7. The molecule has 0 heterocycles. The summed E-state index contributed by atoms with van der Waals surface area (Å²) in [6.45, 7) is 10.1. The van der Waals surface area contributed by atoms with E-state index in [9.17, 15) is 4.79 Å². The molecule has 0 radical (unpaired) electrons. The normalized spacial score (nSPS) is 12.7. The Morgan fingerprint density at radius 2 is 1.84 bits per heavy atom. The number of rotatable bonds is 11. The van der Waals surface area contributed by atoms with Crippen molar-refractivity contribution >= 4 is 5.91 Å². The lowest BCUT2D eigenvalue weighted by molar-refractivity contribution is -0.130. The summed E-state index contributed by atoms with van der Waals surface area (Å²) < 4.78 is 0. The van der Waals surface area contributed by atoms with Crippen molar-refractivity contribution in [3.63, 3.8) is 0 Å². The standard InChI is InChI=1S/C15H33N3O/c1-5-7-12-18(14(3)6-2)13-9-15(19)17(4)11-8-10-16/h14H,5-13,16H2,1-4H3.